The topological polar surface area (TPSA) is 88.2 Å². The molecule has 1 heterocycles. The van der Waals surface area contributed by atoms with Crippen LogP contribution in [-0.2, 0) is 10.0 Å². The minimum Gasteiger partial charge on any atom is -0.346 e. The lowest BCUT2D eigenvalue weighted by Gasteiger charge is -2.14. The lowest BCUT2D eigenvalue weighted by atomic mass is 10.1. The van der Waals surface area contributed by atoms with E-state index in [1.54, 1.807) is 30.6 Å². The molecule has 0 unspecified atom stereocenters. The molecule has 0 radical (unpaired) electrons. The van der Waals surface area contributed by atoms with Crippen molar-refractivity contribution in [3.63, 3.8) is 0 Å². The minimum absolute atomic E-state index is 0.179. The molecule has 0 fully saturated rings. The molecule has 2 N–H and O–H groups in total. The third kappa shape index (κ3) is 4.56. The van der Waals surface area contributed by atoms with Crippen LogP contribution < -0.4 is 10.0 Å². The number of amides is 1. The summed E-state index contributed by atoms with van der Waals surface area (Å²) in [4.78, 5) is 16.2. The van der Waals surface area contributed by atoms with E-state index in [0.717, 1.165) is 11.8 Å². The number of anilines is 1. The summed E-state index contributed by atoms with van der Waals surface area (Å²) < 4.78 is 24.8. The molecular formula is C15H17N3O3S. The van der Waals surface area contributed by atoms with Gasteiger partial charge in [0.05, 0.1) is 12.3 Å². The number of rotatable bonds is 5. The van der Waals surface area contributed by atoms with E-state index in [0.29, 0.717) is 11.3 Å². The molecule has 0 spiro atoms. The van der Waals surface area contributed by atoms with Crippen molar-refractivity contribution in [2.24, 2.45) is 0 Å². The van der Waals surface area contributed by atoms with E-state index in [1.807, 2.05) is 19.1 Å². The summed E-state index contributed by atoms with van der Waals surface area (Å²) in [7, 11) is -3.37. The van der Waals surface area contributed by atoms with Crippen LogP contribution in [-0.4, -0.2) is 25.6 Å². The smallest absolute Gasteiger partial charge is 0.251 e. The Bertz CT molecular complexity index is 761. The molecule has 0 saturated carbocycles. The van der Waals surface area contributed by atoms with Gasteiger partial charge in [-0.25, -0.2) is 8.42 Å². The Kier molecular flexibility index (Phi) is 4.77. The fraction of sp³-hybridized carbons (Fsp3) is 0.200. The van der Waals surface area contributed by atoms with E-state index in [9.17, 15) is 13.2 Å². The standard InChI is InChI=1S/C15H17N3O3S/c1-11(12-6-8-16-9-7-12)17-15(19)13-4-3-5-14(10-13)18-22(2,20)21/h3-11,18H,1-2H3,(H,17,19)/t11-/m0/s1. The average Bonchev–Trinajstić information content (AvgIpc) is 2.46. The predicted octanol–water partition coefficient (Wildman–Crippen LogP) is 1.94. The Morgan fingerprint density at radius 1 is 1.18 bits per heavy atom. The van der Waals surface area contributed by atoms with Gasteiger partial charge in [0.2, 0.25) is 10.0 Å². The Hall–Kier alpha value is -2.41. The van der Waals surface area contributed by atoms with Crippen LogP contribution in [0, 0.1) is 0 Å². The third-order valence-electron chi connectivity index (χ3n) is 2.98. The van der Waals surface area contributed by atoms with Gasteiger partial charge in [0.1, 0.15) is 0 Å². The van der Waals surface area contributed by atoms with Crippen molar-refractivity contribution in [3.05, 3.63) is 59.9 Å². The maximum atomic E-state index is 12.2. The first kappa shape index (κ1) is 16.0. The number of hydrogen-bond donors (Lipinski definition) is 2. The zero-order valence-corrected chi connectivity index (χ0v) is 13.1. The molecule has 1 amide bonds. The molecule has 0 aliphatic heterocycles. The minimum atomic E-state index is -3.37. The predicted molar refractivity (Wildman–Crippen MR) is 85.0 cm³/mol. The SMILES string of the molecule is C[C@H](NC(=O)c1cccc(NS(C)(=O)=O)c1)c1ccncc1. The molecule has 0 aliphatic rings. The molecule has 22 heavy (non-hydrogen) atoms. The lowest BCUT2D eigenvalue weighted by molar-refractivity contribution is 0.0940. The van der Waals surface area contributed by atoms with Crippen molar-refractivity contribution in [2.75, 3.05) is 11.0 Å². The molecule has 1 atom stereocenters. The van der Waals surface area contributed by atoms with Crippen molar-refractivity contribution in [1.82, 2.24) is 10.3 Å². The van der Waals surface area contributed by atoms with E-state index in [1.165, 1.54) is 6.07 Å². The summed E-state index contributed by atoms with van der Waals surface area (Å²) in [6.45, 7) is 1.87. The second kappa shape index (κ2) is 6.57. The fourth-order valence-corrected chi connectivity index (χ4v) is 2.51. The van der Waals surface area contributed by atoms with Crippen LogP contribution in [0.2, 0.25) is 0 Å². The molecule has 2 aromatic rings. The summed E-state index contributed by atoms with van der Waals surface area (Å²) in [6.07, 6.45) is 4.38. The van der Waals surface area contributed by atoms with E-state index < -0.39 is 10.0 Å². The molecular weight excluding hydrogens is 302 g/mol. The first-order valence-corrected chi connectivity index (χ1v) is 8.53. The van der Waals surface area contributed by atoms with E-state index in [-0.39, 0.29) is 11.9 Å². The third-order valence-corrected chi connectivity index (χ3v) is 3.59. The maximum absolute atomic E-state index is 12.2. The number of sulfonamides is 1. The summed E-state index contributed by atoms with van der Waals surface area (Å²) in [6, 6.07) is 9.81. The van der Waals surface area contributed by atoms with Crippen LogP contribution in [0.3, 0.4) is 0 Å². The van der Waals surface area contributed by atoms with Crippen LogP contribution >= 0.6 is 0 Å². The molecule has 0 saturated heterocycles. The van der Waals surface area contributed by atoms with E-state index in [2.05, 4.69) is 15.0 Å². The molecule has 116 valence electrons. The van der Waals surface area contributed by atoms with Crippen molar-refractivity contribution in [1.29, 1.82) is 0 Å². The molecule has 0 aliphatic carbocycles. The van der Waals surface area contributed by atoms with Gasteiger partial charge < -0.3 is 5.32 Å². The normalized spacial score (nSPS) is 12.5. The van der Waals surface area contributed by atoms with Gasteiger partial charge in [-0.1, -0.05) is 6.07 Å². The van der Waals surface area contributed by atoms with E-state index >= 15 is 0 Å². The second-order valence-corrected chi connectivity index (χ2v) is 6.68. The summed E-state index contributed by atoms with van der Waals surface area (Å²) >= 11 is 0. The number of aromatic nitrogens is 1. The van der Waals surface area contributed by atoms with Crippen LogP contribution in [0.4, 0.5) is 5.69 Å². The van der Waals surface area contributed by atoms with Crippen LogP contribution in [0.15, 0.2) is 48.8 Å². The summed E-state index contributed by atoms with van der Waals surface area (Å²) in [5, 5.41) is 2.86. The number of pyridine rings is 1. The highest BCUT2D eigenvalue weighted by Gasteiger charge is 2.12. The number of carbonyl (C=O) groups is 1. The molecule has 2 rings (SSSR count). The highest BCUT2D eigenvalue weighted by Crippen LogP contribution is 2.15. The quantitative estimate of drug-likeness (QED) is 0.881. The molecule has 0 bridgehead atoms. The van der Waals surface area contributed by atoms with Crippen LogP contribution in [0.1, 0.15) is 28.9 Å². The zero-order chi connectivity index (χ0) is 16.2. The summed E-state index contributed by atoms with van der Waals surface area (Å²) in [5.41, 5.74) is 1.68. The Labute approximate surface area is 129 Å². The monoisotopic (exact) mass is 319 g/mol. The highest BCUT2D eigenvalue weighted by atomic mass is 32.2. The maximum Gasteiger partial charge on any atom is 0.251 e. The number of carbonyl (C=O) groups excluding carboxylic acids is 1. The van der Waals surface area contributed by atoms with Gasteiger partial charge in [-0.2, -0.15) is 0 Å². The molecule has 6 nitrogen and oxygen atoms in total. The molecule has 7 heteroatoms. The van der Waals surface area contributed by atoms with Gasteiger partial charge in [-0.3, -0.25) is 14.5 Å². The van der Waals surface area contributed by atoms with Gasteiger partial charge >= 0.3 is 0 Å². The van der Waals surface area contributed by atoms with Gasteiger partial charge in [0.15, 0.2) is 0 Å². The number of nitrogens with zero attached hydrogens (tertiary/aromatic N) is 1. The zero-order valence-electron chi connectivity index (χ0n) is 12.3. The number of nitrogens with one attached hydrogen (secondary N) is 2. The lowest BCUT2D eigenvalue weighted by Crippen LogP contribution is -2.26. The highest BCUT2D eigenvalue weighted by molar-refractivity contribution is 7.92. The first-order valence-electron chi connectivity index (χ1n) is 6.64. The average molecular weight is 319 g/mol. The van der Waals surface area contributed by atoms with Gasteiger partial charge in [-0.15, -0.1) is 0 Å². The fourth-order valence-electron chi connectivity index (χ4n) is 1.95. The number of benzene rings is 1. The first-order chi connectivity index (χ1) is 10.3. The van der Waals surface area contributed by atoms with E-state index in [4.69, 9.17) is 0 Å². The molecule has 1 aromatic carbocycles. The molecule has 1 aromatic heterocycles. The van der Waals surface area contributed by atoms with Crippen LogP contribution in [0.25, 0.3) is 0 Å². The Balaban J connectivity index is 2.11. The Morgan fingerprint density at radius 2 is 1.86 bits per heavy atom. The second-order valence-electron chi connectivity index (χ2n) is 4.93. The van der Waals surface area contributed by atoms with Crippen LogP contribution in [0.5, 0.6) is 0 Å². The summed E-state index contributed by atoms with van der Waals surface area (Å²) in [5.74, 6) is -0.276. The van der Waals surface area contributed by atoms with Gasteiger partial charge in [0.25, 0.3) is 5.91 Å². The van der Waals surface area contributed by atoms with Gasteiger partial charge in [0, 0.05) is 23.6 Å². The van der Waals surface area contributed by atoms with Gasteiger partial charge in [-0.05, 0) is 42.8 Å². The Morgan fingerprint density at radius 3 is 2.50 bits per heavy atom. The van der Waals surface area contributed by atoms with Crippen molar-refractivity contribution in [3.8, 4) is 0 Å². The van der Waals surface area contributed by atoms with Crippen molar-refractivity contribution < 1.29 is 13.2 Å². The largest absolute Gasteiger partial charge is 0.346 e. The van der Waals surface area contributed by atoms with Crippen molar-refractivity contribution in [2.45, 2.75) is 13.0 Å². The number of hydrogen-bond acceptors (Lipinski definition) is 4. The van der Waals surface area contributed by atoms with Crippen molar-refractivity contribution >= 4 is 21.6 Å².